The lowest BCUT2D eigenvalue weighted by Crippen LogP contribution is -2.33. The zero-order valence-electron chi connectivity index (χ0n) is 20.6. The Morgan fingerprint density at radius 3 is 2.42 bits per heavy atom. The Balaban J connectivity index is 2.02. The van der Waals surface area contributed by atoms with Gasteiger partial charge in [-0.05, 0) is 68.8 Å². The summed E-state index contributed by atoms with van der Waals surface area (Å²) in [6.07, 6.45) is 3.61. The fourth-order valence-electron chi connectivity index (χ4n) is 3.74. The number of pyridine rings is 1. The van der Waals surface area contributed by atoms with Gasteiger partial charge in [0.15, 0.2) is 11.6 Å². The molecular weight excluding hydrogens is 521 g/mol. The highest BCUT2D eigenvalue weighted by Crippen LogP contribution is 2.41. The van der Waals surface area contributed by atoms with E-state index in [-0.39, 0.29) is 11.7 Å². The molecule has 0 spiro atoms. The molecule has 4 aromatic rings. The maximum Gasteiger partial charge on any atom is 0.412 e. The number of nitrogens with one attached hydrogen (secondary N) is 1. The summed E-state index contributed by atoms with van der Waals surface area (Å²) in [6, 6.07) is 6.78. The largest absolute Gasteiger partial charge is 0.412 e. The predicted octanol–water partition coefficient (Wildman–Crippen LogP) is 5.38. The minimum absolute atomic E-state index is 0.111. The molecule has 8 nitrogen and oxygen atoms in total. The molecule has 0 aliphatic rings. The third-order valence-corrected chi connectivity index (χ3v) is 7.27. The molecule has 0 fully saturated rings. The van der Waals surface area contributed by atoms with Gasteiger partial charge in [0, 0.05) is 36.7 Å². The second kappa shape index (κ2) is 10.7. The van der Waals surface area contributed by atoms with Gasteiger partial charge >= 0.3 is 6.09 Å². The molecule has 1 amide bonds. The van der Waals surface area contributed by atoms with Crippen LogP contribution in [-0.2, 0) is 16.4 Å². The van der Waals surface area contributed by atoms with Gasteiger partial charge in [0.25, 0.3) is 0 Å². The van der Waals surface area contributed by atoms with Gasteiger partial charge in [-0.1, -0.05) is 0 Å². The van der Waals surface area contributed by atoms with Gasteiger partial charge in [-0.3, -0.25) is 9.67 Å². The van der Waals surface area contributed by atoms with Gasteiger partial charge in [-0.25, -0.2) is 26.4 Å². The lowest BCUT2D eigenvalue weighted by Gasteiger charge is -2.16. The lowest BCUT2D eigenvalue weighted by atomic mass is 10.0. The van der Waals surface area contributed by atoms with Gasteiger partial charge in [0.1, 0.15) is 22.2 Å². The number of aromatic nitrogens is 3. The third-order valence-electron chi connectivity index (χ3n) is 5.46. The second-order valence-corrected chi connectivity index (χ2v) is 10.4. The van der Waals surface area contributed by atoms with Crippen molar-refractivity contribution < 1.29 is 31.1 Å². The third kappa shape index (κ3) is 5.25. The smallest absolute Gasteiger partial charge is 0.407 e. The molecule has 0 aliphatic heterocycles. The van der Waals surface area contributed by atoms with E-state index in [9.17, 15) is 22.0 Å². The molecule has 2 aromatic carbocycles. The van der Waals surface area contributed by atoms with E-state index in [1.54, 1.807) is 39.1 Å². The Morgan fingerprint density at radius 1 is 1.05 bits per heavy atom. The highest BCUT2D eigenvalue weighted by molar-refractivity contribution is 7.91. The van der Waals surface area contributed by atoms with E-state index in [4.69, 9.17) is 4.74 Å². The van der Waals surface area contributed by atoms with Gasteiger partial charge in [-0.2, -0.15) is 5.10 Å². The van der Waals surface area contributed by atoms with Gasteiger partial charge in [-0.15, -0.1) is 0 Å². The van der Waals surface area contributed by atoms with Crippen LogP contribution in [0.3, 0.4) is 0 Å². The van der Waals surface area contributed by atoms with Crippen LogP contribution in [0.4, 0.5) is 18.0 Å². The van der Waals surface area contributed by atoms with Crippen LogP contribution >= 0.6 is 0 Å². The van der Waals surface area contributed by atoms with Crippen molar-refractivity contribution in [1.29, 1.82) is 0 Å². The maximum atomic E-state index is 16.2. The number of carbonyl (C=O) groups is 1. The number of rotatable bonds is 7. The van der Waals surface area contributed by atoms with Crippen molar-refractivity contribution >= 4 is 15.9 Å². The number of amides is 1. The van der Waals surface area contributed by atoms with Crippen molar-refractivity contribution in [2.75, 3.05) is 0 Å². The van der Waals surface area contributed by atoms with Crippen LogP contribution in [0, 0.1) is 17.5 Å². The first-order chi connectivity index (χ1) is 18.0. The molecule has 198 valence electrons. The first-order valence-electron chi connectivity index (χ1n) is 11.5. The number of benzene rings is 2. The van der Waals surface area contributed by atoms with Crippen molar-refractivity contribution in [2.24, 2.45) is 0 Å². The van der Waals surface area contributed by atoms with Crippen molar-refractivity contribution in [2.45, 2.75) is 43.1 Å². The normalized spacial score (nSPS) is 11.6. The average Bonchev–Trinajstić information content (AvgIpc) is 3.30. The topological polar surface area (TPSA) is 103 Å². The molecule has 0 saturated heterocycles. The SMILES string of the molecule is CCn1cc(-c2ccncc2)c(-c2c(S(=O)(=O)c3cc(F)ccc3F)ccc(OC(=O)NC(C)C)c2F)n1. The van der Waals surface area contributed by atoms with Crippen molar-refractivity contribution in [1.82, 2.24) is 20.1 Å². The van der Waals surface area contributed by atoms with Gasteiger partial charge < -0.3 is 10.1 Å². The fourth-order valence-corrected chi connectivity index (χ4v) is 5.27. The molecule has 0 unspecified atom stereocenters. The Hall–Kier alpha value is -4.19. The van der Waals surface area contributed by atoms with Gasteiger partial charge in [0.05, 0.1) is 10.5 Å². The van der Waals surface area contributed by atoms with Crippen molar-refractivity contribution in [3.05, 3.63) is 78.5 Å². The summed E-state index contributed by atoms with van der Waals surface area (Å²) in [5.74, 6) is -4.02. The maximum absolute atomic E-state index is 16.2. The number of nitrogens with zero attached hydrogens (tertiary/aromatic N) is 3. The fraction of sp³-hybridized carbons (Fsp3) is 0.192. The summed E-state index contributed by atoms with van der Waals surface area (Å²) < 4.78 is 78.5. The summed E-state index contributed by atoms with van der Waals surface area (Å²) in [5, 5.41) is 6.83. The Labute approximate surface area is 217 Å². The molecule has 4 rings (SSSR count). The summed E-state index contributed by atoms with van der Waals surface area (Å²) in [7, 11) is -4.83. The van der Waals surface area contributed by atoms with Crippen LogP contribution in [0.5, 0.6) is 5.75 Å². The number of aryl methyl sites for hydroxylation is 1. The summed E-state index contributed by atoms with van der Waals surface area (Å²) in [5.41, 5.74) is 0.203. The highest BCUT2D eigenvalue weighted by Gasteiger charge is 2.32. The van der Waals surface area contributed by atoms with E-state index in [2.05, 4.69) is 15.4 Å². The first kappa shape index (κ1) is 26.9. The monoisotopic (exact) mass is 544 g/mol. The average molecular weight is 545 g/mol. The molecule has 0 bridgehead atoms. The van der Waals surface area contributed by atoms with Crippen LogP contribution in [0.25, 0.3) is 22.4 Å². The van der Waals surface area contributed by atoms with E-state index in [1.165, 1.54) is 17.1 Å². The molecule has 0 saturated carbocycles. The molecule has 12 heteroatoms. The summed E-state index contributed by atoms with van der Waals surface area (Å²) >= 11 is 0. The van der Waals surface area contributed by atoms with Crippen LogP contribution in [0.1, 0.15) is 20.8 Å². The predicted molar refractivity (Wildman–Crippen MR) is 133 cm³/mol. The Morgan fingerprint density at radius 2 is 1.76 bits per heavy atom. The molecule has 1 N–H and O–H groups in total. The minimum Gasteiger partial charge on any atom is -0.407 e. The molecule has 0 aliphatic carbocycles. The van der Waals surface area contributed by atoms with Gasteiger partial charge in [0.2, 0.25) is 9.84 Å². The lowest BCUT2D eigenvalue weighted by molar-refractivity contribution is 0.195. The summed E-state index contributed by atoms with van der Waals surface area (Å²) in [4.78, 5) is 14.5. The minimum atomic E-state index is -4.83. The van der Waals surface area contributed by atoms with Crippen molar-refractivity contribution in [3.8, 4) is 28.1 Å². The van der Waals surface area contributed by atoms with Crippen LogP contribution in [0.2, 0.25) is 0 Å². The van der Waals surface area contributed by atoms with Crippen molar-refractivity contribution in [3.63, 3.8) is 0 Å². The second-order valence-electron chi connectivity index (χ2n) is 8.50. The number of halogens is 3. The summed E-state index contributed by atoms with van der Waals surface area (Å²) in [6.45, 7) is 5.47. The molecule has 38 heavy (non-hydrogen) atoms. The van der Waals surface area contributed by atoms with Crippen LogP contribution in [-0.4, -0.2) is 35.3 Å². The number of ether oxygens (including phenoxy) is 1. The quantitative estimate of drug-likeness (QED) is 0.335. The van der Waals surface area contributed by atoms with E-state index in [1.807, 2.05) is 0 Å². The molecule has 0 atom stereocenters. The van der Waals surface area contributed by atoms with E-state index in [0.717, 1.165) is 18.2 Å². The molecular formula is C26H23F3N4O4S. The van der Waals surface area contributed by atoms with E-state index < -0.39 is 54.5 Å². The highest BCUT2D eigenvalue weighted by atomic mass is 32.2. The Bertz CT molecular complexity index is 1610. The van der Waals surface area contributed by atoms with E-state index in [0.29, 0.717) is 29.8 Å². The zero-order chi connectivity index (χ0) is 27.6. The first-order valence-corrected chi connectivity index (χ1v) is 13.0. The number of hydrogen-bond donors (Lipinski definition) is 1. The van der Waals surface area contributed by atoms with Crippen LogP contribution in [0.15, 0.2) is 70.8 Å². The Kier molecular flexibility index (Phi) is 7.53. The molecule has 2 heterocycles. The zero-order valence-corrected chi connectivity index (χ0v) is 21.4. The molecule has 0 radical (unpaired) electrons. The number of carbonyl (C=O) groups excluding carboxylic acids is 1. The number of hydrogen-bond acceptors (Lipinski definition) is 6. The van der Waals surface area contributed by atoms with E-state index >= 15 is 4.39 Å². The standard InChI is InChI=1S/C26H23F3N4O4S/c1-4-33-14-18(16-9-11-30-12-10-16)25(32-33)23-21(38(35,36)22-13-17(27)5-6-19(22)28)8-7-20(24(23)29)37-26(34)31-15(2)3/h5-15H,4H2,1-3H3,(H,31,34). The van der Waals surface area contributed by atoms with Crippen LogP contribution < -0.4 is 10.1 Å². The molecule has 2 aromatic heterocycles. The number of sulfone groups is 1.